The lowest BCUT2D eigenvalue weighted by atomic mass is 10.0. The first-order valence-electron chi connectivity index (χ1n) is 7.66. The number of pyridine rings is 1. The Bertz CT molecular complexity index is 560. The maximum Gasteiger partial charge on any atom is 0.0746 e. The van der Waals surface area contributed by atoms with Crippen LogP contribution in [0.4, 0.5) is 0 Å². The fourth-order valence-corrected chi connectivity index (χ4v) is 3.14. The summed E-state index contributed by atoms with van der Waals surface area (Å²) in [7, 11) is 0. The summed E-state index contributed by atoms with van der Waals surface area (Å²) in [6.45, 7) is 6.63. The Labute approximate surface area is 121 Å². The van der Waals surface area contributed by atoms with Crippen LogP contribution in [0.15, 0.2) is 36.5 Å². The first kappa shape index (κ1) is 13.5. The number of aromatic nitrogens is 1. The standard InChI is InChI=1S/C17H23N3/c1-2-5-16-12-18-10-11-20(16)13-15-7-3-6-14-8-4-9-19-17(14)15/h3-4,6-9,16,18H,2,5,10-13H2,1H3. The third kappa shape index (κ3) is 2.84. The van der Waals surface area contributed by atoms with Crippen molar-refractivity contribution >= 4 is 10.9 Å². The second-order valence-corrected chi connectivity index (χ2v) is 5.61. The number of piperazine rings is 1. The van der Waals surface area contributed by atoms with E-state index in [-0.39, 0.29) is 0 Å². The fourth-order valence-electron chi connectivity index (χ4n) is 3.14. The molecule has 1 N–H and O–H groups in total. The van der Waals surface area contributed by atoms with Gasteiger partial charge in [-0.1, -0.05) is 37.6 Å². The van der Waals surface area contributed by atoms with E-state index in [9.17, 15) is 0 Å². The first-order chi connectivity index (χ1) is 9.88. The number of para-hydroxylation sites is 1. The van der Waals surface area contributed by atoms with Crippen molar-refractivity contribution in [1.29, 1.82) is 0 Å². The van der Waals surface area contributed by atoms with Gasteiger partial charge in [0.1, 0.15) is 0 Å². The summed E-state index contributed by atoms with van der Waals surface area (Å²) < 4.78 is 0. The van der Waals surface area contributed by atoms with E-state index in [1.54, 1.807) is 0 Å². The summed E-state index contributed by atoms with van der Waals surface area (Å²) in [5.74, 6) is 0. The molecule has 3 nitrogen and oxygen atoms in total. The highest BCUT2D eigenvalue weighted by atomic mass is 15.2. The van der Waals surface area contributed by atoms with Crippen LogP contribution in [0.3, 0.4) is 0 Å². The third-order valence-corrected chi connectivity index (χ3v) is 4.18. The van der Waals surface area contributed by atoms with E-state index < -0.39 is 0 Å². The molecule has 0 saturated carbocycles. The third-order valence-electron chi connectivity index (χ3n) is 4.18. The van der Waals surface area contributed by atoms with Crippen molar-refractivity contribution < 1.29 is 0 Å². The lowest BCUT2D eigenvalue weighted by Gasteiger charge is -2.36. The summed E-state index contributed by atoms with van der Waals surface area (Å²) in [4.78, 5) is 7.19. The first-order valence-corrected chi connectivity index (χ1v) is 7.66. The van der Waals surface area contributed by atoms with Crippen LogP contribution in [-0.4, -0.2) is 35.6 Å². The van der Waals surface area contributed by atoms with E-state index in [1.807, 2.05) is 12.3 Å². The Morgan fingerprint density at radius 3 is 3.10 bits per heavy atom. The van der Waals surface area contributed by atoms with Gasteiger partial charge >= 0.3 is 0 Å². The predicted octanol–water partition coefficient (Wildman–Crippen LogP) is 2.81. The van der Waals surface area contributed by atoms with Gasteiger partial charge in [-0.25, -0.2) is 0 Å². The molecule has 1 fully saturated rings. The van der Waals surface area contributed by atoms with Gasteiger partial charge in [0, 0.05) is 43.8 Å². The molecule has 1 unspecified atom stereocenters. The van der Waals surface area contributed by atoms with Gasteiger partial charge in [-0.3, -0.25) is 9.88 Å². The van der Waals surface area contributed by atoms with Gasteiger partial charge in [-0.05, 0) is 18.1 Å². The quantitative estimate of drug-likeness (QED) is 0.925. The lowest BCUT2D eigenvalue weighted by molar-refractivity contribution is 0.145. The van der Waals surface area contributed by atoms with Gasteiger partial charge in [0.15, 0.2) is 0 Å². The van der Waals surface area contributed by atoms with Gasteiger partial charge < -0.3 is 5.32 Å². The van der Waals surface area contributed by atoms with Crippen molar-refractivity contribution in [3.05, 3.63) is 42.1 Å². The average molecular weight is 269 g/mol. The molecule has 3 heteroatoms. The summed E-state index contributed by atoms with van der Waals surface area (Å²) >= 11 is 0. The molecule has 1 aliphatic rings. The van der Waals surface area contributed by atoms with E-state index >= 15 is 0 Å². The van der Waals surface area contributed by atoms with Gasteiger partial charge in [0.25, 0.3) is 0 Å². The molecule has 1 aromatic carbocycles. The second kappa shape index (κ2) is 6.33. The molecule has 0 aliphatic carbocycles. The van der Waals surface area contributed by atoms with Crippen molar-refractivity contribution in [1.82, 2.24) is 15.2 Å². The zero-order valence-electron chi connectivity index (χ0n) is 12.2. The zero-order chi connectivity index (χ0) is 13.8. The van der Waals surface area contributed by atoms with Crippen molar-refractivity contribution in [3.63, 3.8) is 0 Å². The molecular formula is C17H23N3. The maximum absolute atomic E-state index is 4.58. The van der Waals surface area contributed by atoms with E-state index in [4.69, 9.17) is 0 Å². The molecule has 1 atom stereocenters. The monoisotopic (exact) mass is 269 g/mol. The molecule has 0 spiro atoms. The molecule has 0 radical (unpaired) electrons. The van der Waals surface area contributed by atoms with Crippen LogP contribution in [0.2, 0.25) is 0 Å². The minimum absolute atomic E-state index is 0.660. The lowest BCUT2D eigenvalue weighted by Crippen LogP contribution is -2.50. The highest BCUT2D eigenvalue weighted by molar-refractivity contribution is 5.81. The molecule has 2 aromatic rings. The largest absolute Gasteiger partial charge is 0.314 e. The molecule has 20 heavy (non-hydrogen) atoms. The molecule has 3 rings (SSSR count). The van der Waals surface area contributed by atoms with Crippen LogP contribution in [-0.2, 0) is 6.54 Å². The minimum atomic E-state index is 0.660. The van der Waals surface area contributed by atoms with Crippen molar-refractivity contribution in [2.75, 3.05) is 19.6 Å². The van der Waals surface area contributed by atoms with Crippen LogP contribution in [0.5, 0.6) is 0 Å². The average Bonchev–Trinajstić information content (AvgIpc) is 2.50. The number of hydrogen-bond acceptors (Lipinski definition) is 3. The van der Waals surface area contributed by atoms with Crippen LogP contribution in [0.1, 0.15) is 25.3 Å². The zero-order valence-corrected chi connectivity index (χ0v) is 12.2. The summed E-state index contributed by atoms with van der Waals surface area (Å²) in [6.07, 6.45) is 4.41. The molecule has 1 saturated heterocycles. The number of benzene rings is 1. The van der Waals surface area contributed by atoms with Crippen LogP contribution >= 0.6 is 0 Å². The Morgan fingerprint density at radius 1 is 1.30 bits per heavy atom. The SMILES string of the molecule is CCCC1CNCCN1Cc1cccc2cccnc12. The molecule has 1 aliphatic heterocycles. The Balaban J connectivity index is 1.84. The van der Waals surface area contributed by atoms with Crippen molar-refractivity contribution in [3.8, 4) is 0 Å². The smallest absolute Gasteiger partial charge is 0.0746 e. The molecule has 2 heterocycles. The molecule has 1 aromatic heterocycles. The number of nitrogens with zero attached hydrogens (tertiary/aromatic N) is 2. The molecular weight excluding hydrogens is 246 g/mol. The number of fused-ring (bicyclic) bond motifs is 1. The molecule has 0 bridgehead atoms. The van der Waals surface area contributed by atoms with E-state index in [0.717, 1.165) is 31.7 Å². The minimum Gasteiger partial charge on any atom is -0.314 e. The summed E-state index contributed by atoms with van der Waals surface area (Å²) in [5, 5.41) is 4.76. The highest BCUT2D eigenvalue weighted by Gasteiger charge is 2.21. The number of nitrogens with one attached hydrogen (secondary N) is 1. The van der Waals surface area contributed by atoms with E-state index in [2.05, 4.69) is 46.4 Å². The molecule has 106 valence electrons. The highest BCUT2D eigenvalue weighted by Crippen LogP contribution is 2.20. The summed E-state index contributed by atoms with van der Waals surface area (Å²) in [5.41, 5.74) is 2.51. The predicted molar refractivity (Wildman–Crippen MR) is 83.7 cm³/mol. The maximum atomic E-state index is 4.58. The fraction of sp³-hybridized carbons (Fsp3) is 0.471. The Morgan fingerprint density at radius 2 is 2.20 bits per heavy atom. The van der Waals surface area contributed by atoms with Gasteiger partial charge in [-0.2, -0.15) is 0 Å². The van der Waals surface area contributed by atoms with Crippen LogP contribution in [0, 0.1) is 0 Å². The van der Waals surface area contributed by atoms with E-state index in [1.165, 1.54) is 23.8 Å². The van der Waals surface area contributed by atoms with Gasteiger partial charge in [0.2, 0.25) is 0 Å². The van der Waals surface area contributed by atoms with Crippen molar-refractivity contribution in [2.24, 2.45) is 0 Å². The summed E-state index contributed by atoms with van der Waals surface area (Å²) in [6, 6.07) is 11.3. The van der Waals surface area contributed by atoms with E-state index in [0.29, 0.717) is 6.04 Å². The number of hydrogen-bond donors (Lipinski definition) is 1. The normalized spacial score (nSPS) is 20.4. The molecule has 0 amide bonds. The Kier molecular flexibility index (Phi) is 4.28. The topological polar surface area (TPSA) is 28.2 Å². The van der Waals surface area contributed by atoms with Gasteiger partial charge in [0.05, 0.1) is 5.52 Å². The Hall–Kier alpha value is -1.45. The second-order valence-electron chi connectivity index (χ2n) is 5.61. The van der Waals surface area contributed by atoms with Crippen LogP contribution in [0.25, 0.3) is 10.9 Å². The van der Waals surface area contributed by atoms with Gasteiger partial charge in [-0.15, -0.1) is 0 Å². The van der Waals surface area contributed by atoms with Crippen molar-refractivity contribution in [2.45, 2.75) is 32.4 Å². The van der Waals surface area contributed by atoms with Crippen LogP contribution < -0.4 is 5.32 Å². The number of rotatable bonds is 4.